The largest absolute Gasteiger partial charge is 0.281 e. The second-order valence-corrected chi connectivity index (χ2v) is 3.96. The Morgan fingerprint density at radius 3 is 2.71 bits per heavy atom. The monoisotopic (exact) mass is 210 g/mol. The highest BCUT2D eigenvalue weighted by Gasteiger charge is 2.04. The lowest BCUT2D eigenvalue weighted by Crippen LogP contribution is -1.98. The predicted octanol–water partition coefficient (Wildman–Crippen LogP) is 3.26. The number of aryl methyl sites for hydroxylation is 2. The molecule has 0 aromatic heterocycles. The summed E-state index contributed by atoms with van der Waals surface area (Å²) in [4.78, 5) is 10.8. The van der Waals surface area contributed by atoms with Crippen LogP contribution in [0, 0.1) is 6.92 Å². The lowest BCUT2D eigenvalue weighted by Gasteiger charge is -2.06. The molecule has 0 amide bonds. The number of hydrogen-bond acceptors (Lipinski definition) is 1. The second kappa shape index (κ2) is 5.16. The van der Waals surface area contributed by atoms with Gasteiger partial charge in [0.2, 0.25) is 5.24 Å². The van der Waals surface area contributed by atoms with E-state index in [0.29, 0.717) is 6.42 Å². The first kappa shape index (κ1) is 11.3. The summed E-state index contributed by atoms with van der Waals surface area (Å²) in [6.07, 6.45) is 2.52. The molecule has 76 valence electrons. The van der Waals surface area contributed by atoms with Crippen LogP contribution in [-0.2, 0) is 17.6 Å². The Morgan fingerprint density at radius 1 is 1.43 bits per heavy atom. The minimum Gasteiger partial charge on any atom is -0.281 e. The molecule has 0 saturated carbocycles. The van der Waals surface area contributed by atoms with E-state index in [2.05, 4.69) is 25.1 Å². The van der Waals surface area contributed by atoms with E-state index in [1.807, 2.05) is 6.92 Å². The second-order valence-electron chi connectivity index (χ2n) is 3.54. The van der Waals surface area contributed by atoms with Crippen LogP contribution in [0.3, 0.4) is 0 Å². The topological polar surface area (TPSA) is 17.1 Å². The standard InChI is InChI=1S/C12H15ClO/c1-3-4-10-6-5-9(2)11(7-10)8-12(13)14/h5-7H,3-4,8H2,1-2H3. The van der Waals surface area contributed by atoms with Crippen molar-refractivity contribution >= 4 is 16.8 Å². The molecule has 2 heteroatoms. The Bertz CT molecular complexity index is 331. The van der Waals surface area contributed by atoms with Gasteiger partial charge >= 0.3 is 0 Å². The molecule has 1 aromatic rings. The Kier molecular flexibility index (Phi) is 4.15. The fourth-order valence-corrected chi connectivity index (χ4v) is 1.65. The Labute approximate surface area is 90.1 Å². The van der Waals surface area contributed by atoms with Gasteiger partial charge in [-0.05, 0) is 41.6 Å². The van der Waals surface area contributed by atoms with Crippen molar-refractivity contribution in [2.75, 3.05) is 0 Å². The SMILES string of the molecule is CCCc1ccc(C)c(CC(=O)Cl)c1. The van der Waals surface area contributed by atoms with Crippen LogP contribution >= 0.6 is 11.6 Å². The summed E-state index contributed by atoms with van der Waals surface area (Å²) >= 11 is 5.37. The van der Waals surface area contributed by atoms with Crippen LogP contribution in [0.25, 0.3) is 0 Å². The number of hydrogen-bond donors (Lipinski definition) is 0. The van der Waals surface area contributed by atoms with Gasteiger partial charge in [0.1, 0.15) is 0 Å². The van der Waals surface area contributed by atoms with Crippen molar-refractivity contribution < 1.29 is 4.79 Å². The first-order valence-corrected chi connectivity index (χ1v) is 5.28. The fraction of sp³-hybridized carbons (Fsp3) is 0.417. The maximum atomic E-state index is 10.8. The minimum atomic E-state index is -0.290. The molecule has 0 fully saturated rings. The number of benzene rings is 1. The van der Waals surface area contributed by atoms with Crippen molar-refractivity contribution in [1.29, 1.82) is 0 Å². The molecule has 0 unspecified atom stereocenters. The molecule has 0 bridgehead atoms. The molecule has 0 spiro atoms. The zero-order chi connectivity index (χ0) is 10.6. The van der Waals surface area contributed by atoms with Gasteiger partial charge in [-0.1, -0.05) is 31.5 Å². The molecule has 0 saturated heterocycles. The van der Waals surface area contributed by atoms with Crippen molar-refractivity contribution in [2.45, 2.75) is 33.1 Å². The zero-order valence-corrected chi connectivity index (χ0v) is 9.40. The summed E-state index contributed by atoms with van der Waals surface area (Å²) in [5.74, 6) is 0. The average Bonchev–Trinajstić information content (AvgIpc) is 2.10. The molecular weight excluding hydrogens is 196 g/mol. The molecule has 0 aliphatic carbocycles. The molecule has 1 nitrogen and oxygen atoms in total. The van der Waals surface area contributed by atoms with Crippen LogP contribution in [-0.4, -0.2) is 5.24 Å². The highest BCUT2D eigenvalue weighted by atomic mass is 35.5. The van der Waals surface area contributed by atoms with Gasteiger partial charge in [-0.2, -0.15) is 0 Å². The van der Waals surface area contributed by atoms with E-state index in [4.69, 9.17) is 11.6 Å². The molecule has 0 atom stereocenters. The van der Waals surface area contributed by atoms with Crippen molar-refractivity contribution in [3.8, 4) is 0 Å². The van der Waals surface area contributed by atoms with E-state index < -0.39 is 0 Å². The minimum absolute atomic E-state index is 0.290. The van der Waals surface area contributed by atoms with Crippen LogP contribution in [0.15, 0.2) is 18.2 Å². The van der Waals surface area contributed by atoms with Crippen LogP contribution < -0.4 is 0 Å². The molecular formula is C12H15ClO. The molecule has 0 radical (unpaired) electrons. The molecule has 0 aliphatic rings. The van der Waals surface area contributed by atoms with Gasteiger partial charge in [0.25, 0.3) is 0 Å². The summed E-state index contributed by atoms with van der Waals surface area (Å²) in [6.45, 7) is 4.15. The van der Waals surface area contributed by atoms with Gasteiger partial charge in [-0.15, -0.1) is 0 Å². The van der Waals surface area contributed by atoms with Gasteiger partial charge in [-0.3, -0.25) is 4.79 Å². The highest BCUT2D eigenvalue weighted by molar-refractivity contribution is 6.63. The number of halogens is 1. The van der Waals surface area contributed by atoms with Gasteiger partial charge in [0, 0.05) is 6.42 Å². The first-order chi connectivity index (χ1) is 6.63. The van der Waals surface area contributed by atoms with Gasteiger partial charge in [0.05, 0.1) is 0 Å². The zero-order valence-electron chi connectivity index (χ0n) is 8.64. The van der Waals surface area contributed by atoms with Crippen LogP contribution in [0.4, 0.5) is 0 Å². The third-order valence-corrected chi connectivity index (χ3v) is 2.42. The molecule has 14 heavy (non-hydrogen) atoms. The highest BCUT2D eigenvalue weighted by Crippen LogP contribution is 2.14. The van der Waals surface area contributed by atoms with E-state index in [1.54, 1.807) is 0 Å². The van der Waals surface area contributed by atoms with E-state index in [-0.39, 0.29) is 5.24 Å². The summed E-state index contributed by atoms with van der Waals surface area (Å²) in [5.41, 5.74) is 3.47. The molecule has 1 aromatic carbocycles. The summed E-state index contributed by atoms with van der Waals surface area (Å²) in [6, 6.07) is 6.25. The number of carbonyl (C=O) groups excluding carboxylic acids is 1. The van der Waals surface area contributed by atoms with Crippen LogP contribution in [0.1, 0.15) is 30.0 Å². The molecule has 0 heterocycles. The van der Waals surface area contributed by atoms with E-state index in [1.165, 1.54) is 5.56 Å². The van der Waals surface area contributed by atoms with Crippen molar-refractivity contribution in [3.63, 3.8) is 0 Å². The number of carbonyl (C=O) groups is 1. The molecule has 0 aliphatic heterocycles. The van der Waals surface area contributed by atoms with E-state index in [0.717, 1.165) is 24.0 Å². The third-order valence-electron chi connectivity index (χ3n) is 2.28. The lowest BCUT2D eigenvalue weighted by atomic mass is 10.0. The number of rotatable bonds is 4. The first-order valence-electron chi connectivity index (χ1n) is 4.90. The summed E-state index contributed by atoms with van der Waals surface area (Å²) in [7, 11) is 0. The maximum Gasteiger partial charge on any atom is 0.226 e. The van der Waals surface area contributed by atoms with Crippen molar-refractivity contribution in [3.05, 3.63) is 34.9 Å². The van der Waals surface area contributed by atoms with Crippen molar-refractivity contribution in [2.24, 2.45) is 0 Å². The summed E-state index contributed by atoms with van der Waals surface area (Å²) < 4.78 is 0. The Hall–Kier alpha value is -0.820. The van der Waals surface area contributed by atoms with E-state index in [9.17, 15) is 4.79 Å². The van der Waals surface area contributed by atoms with Crippen LogP contribution in [0.2, 0.25) is 0 Å². The van der Waals surface area contributed by atoms with Crippen LogP contribution in [0.5, 0.6) is 0 Å². The Morgan fingerprint density at radius 2 is 2.14 bits per heavy atom. The van der Waals surface area contributed by atoms with Gasteiger partial charge in [0.15, 0.2) is 0 Å². The molecule has 0 N–H and O–H groups in total. The fourth-order valence-electron chi connectivity index (χ4n) is 1.51. The third kappa shape index (κ3) is 3.15. The normalized spacial score (nSPS) is 10.2. The smallest absolute Gasteiger partial charge is 0.226 e. The van der Waals surface area contributed by atoms with Gasteiger partial charge < -0.3 is 0 Å². The summed E-state index contributed by atoms with van der Waals surface area (Å²) in [5, 5.41) is -0.290. The Balaban J connectivity index is 2.90. The lowest BCUT2D eigenvalue weighted by molar-refractivity contribution is -0.111. The maximum absolute atomic E-state index is 10.8. The average molecular weight is 211 g/mol. The van der Waals surface area contributed by atoms with E-state index >= 15 is 0 Å². The van der Waals surface area contributed by atoms with Crippen molar-refractivity contribution in [1.82, 2.24) is 0 Å². The quantitative estimate of drug-likeness (QED) is 0.698. The van der Waals surface area contributed by atoms with Gasteiger partial charge in [-0.25, -0.2) is 0 Å². The predicted molar refractivity (Wildman–Crippen MR) is 59.7 cm³/mol. The molecule has 1 rings (SSSR count).